The minimum atomic E-state index is -5.74. The fourth-order valence-electron chi connectivity index (χ4n) is 0.282. The third kappa shape index (κ3) is 1.76. The predicted molar refractivity (Wildman–Crippen MR) is 23.0 cm³/mol. The molecule has 0 aliphatic carbocycles. The molecule has 0 aromatic carbocycles. The van der Waals surface area contributed by atoms with Crippen molar-refractivity contribution in [1.82, 2.24) is 0 Å². The van der Waals surface area contributed by atoms with Crippen LogP contribution in [-0.4, -0.2) is 30.0 Å². The highest BCUT2D eigenvalue weighted by molar-refractivity contribution is 4.89. The SMILES string of the molecule is OCC(F)(C(F)F)C(F)(F)F. The Morgan fingerprint density at radius 1 is 1.09 bits per heavy atom. The topological polar surface area (TPSA) is 20.2 Å². The molecule has 0 aromatic rings. The summed E-state index contributed by atoms with van der Waals surface area (Å²) in [6.45, 7) is -2.27. The summed E-state index contributed by atoms with van der Waals surface area (Å²) in [6, 6.07) is 0. The van der Waals surface area contributed by atoms with Gasteiger partial charge in [-0.2, -0.15) is 13.2 Å². The smallest absolute Gasteiger partial charge is 0.392 e. The number of rotatable bonds is 2. The maximum Gasteiger partial charge on any atom is 0.430 e. The summed E-state index contributed by atoms with van der Waals surface area (Å²) in [6.07, 6.45) is -10.0. The Hall–Kier alpha value is -0.460. The molecular formula is C4H4F6O. The van der Waals surface area contributed by atoms with Crippen LogP contribution in [0.5, 0.6) is 0 Å². The van der Waals surface area contributed by atoms with Gasteiger partial charge in [-0.3, -0.25) is 0 Å². The molecule has 11 heavy (non-hydrogen) atoms. The van der Waals surface area contributed by atoms with Gasteiger partial charge in [-0.1, -0.05) is 0 Å². The second-order valence-corrected chi connectivity index (χ2v) is 1.82. The van der Waals surface area contributed by atoms with Gasteiger partial charge in [-0.15, -0.1) is 0 Å². The number of aliphatic hydroxyl groups is 1. The van der Waals surface area contributed by atoms with Crippen LogP contribution in [-0.2, 0) is 0 Å². The van der Waals surface area contributed by atoms with E-state index in [0.29, 0.717) is 0 Å². The minimum absolute atomic E-state index is 2.27. The molecule has 0 heterocycles. The molecule has 0 saturated carbocycles. The Bertz CT molecular complexity index is 131. The molecule has 1 N–H and O–H groups in total. The Morgan fingerprint density at radius 3 is 1.45 bits per heavy atom. The summed E-state index contributed by atoms with van der Waals surface area (Å²) in [5.41, 5.74) is -4.80. The second kappa shape index (κ2) is 2.88. The molecular weight excluding hydrogens is 178 g/mol. The van der Waals surface area contributed by atoms with Crippen molar-refractivity contribution in [1.29, 1.82) is 0 Å². The quantitative estimate of drug-likeness (QED) is 0.642. The molecule has 1 atom stereocenters. The first-order valence-electron chi connectivity index (χ1n) is 2.40. The van der Waals surface area contributed by atoms with E-state index in [1.165, 1.54) is 0 Å². The second-order valence-electron chi connectivity index (χ2n) is 1.82. The van der Waals surface area contributed by atoms with Gasteiger partial charge >= 0.3 is 6.18 Å². The van der Waals surface area contributed by atoms with Gasteiger partial charge in [0.25, 0.3) is 12.1 Å². The van der Waals surface area contributed by atoms with E-state index in [4.69, 9.17) is 5.11 Å². The van der Waals surface area contributed by atoms with E-state index in [-0.39, 0.29) is 0 Å². The van der Waals surface area contributed by atoms with Crippen molar-refractivity contribution in [3.8, 4) is 0 Å². The van der Waals surface area contributed by atoms with Crippen molar-refractivity contribution in [3.05, 3.63) is 0 Å². The summed E-state index contributed by atoms with van der Waals surface area (Å²) >= 11 is 0. The predicted octanol–water partition coefficient (Wildman–Crippen LogP) is 1.51. The van der Waals surface area contributed by atoms with E-state index >= 15 is 0 Å². The van der Waals surface area contributed by atoms with Crippen molar-refractivity contribution in [2.24, 2.45) is 0 Å². The molecule has 0 bridgehead atoms. The van der Waals surface area contributed by atoms with E-state index in [9.17, 15) is 26.3 Å². The van der Waals surface area contributed by atoms with Crippen LogP contribution < -0.4 is 0 Å². The standard InChI is InChI=1S/C4H4F6O/c5-2(6)3(7,1-11)4(8,9)10/h2,11H,1H2. The molecule has 0 radical (unpaired) electrons. The molecule has 68 valence electrons. The Morgan fingerprint density at radius 2 is 1.45 bits per heavy atom. The summed E-state index contributed by atoms with van der Waals surface area (Å²) in [5, 5.41) is 7.72. The maximum absolute atomic E-state index is 12.0. The lowest BCUT2D eigenvalue weighted by Gasteiger charge is -2.24. The third-order valence-corrected chi connectivity index (χ3v) is 1.05. The largest absolute Gasteiger partial charge is 0.430 e. The van der Waals surface area contributed by atoms with E-state index < -0.39 is 24.9 Å². The van der Waals surface area contributed by atoms with Crippen LogP contribution in [0.1, 0.15) is 0 Å². The lowest BCUT2D eigenvalue weighted by molar-refractivity contribution is -0.277. The lowest BCUT2D eigenvalue weighted by Crippen LogP contribution is -2.50. The van der Waals surface area contributed by atoms with Crippen LogP contribution in [0.4, 0.5) is 26.3 Å². The zero-order valence-electron chi connectivity index (χ0n) is 5.00. The zero-order chi connectivity index (χ0) is 9.28. The molecule has 0 spiro atoms. The van der Waals surface area contributed by atoms with Crippen LogP contribution in [0.15, 0.2) is 0 Å². The van der Waals surface area contributed by atoms with Crippen molar-refractivity contribution < 1.29 is 31.4 Å². The number of halogens is 6. The summed E-state index contributed by atoms with van der Waals surface area (Å²) in [5.74, 6) is 0. The molecule has 0 aromatic heterocycles. The lowest BCUT2D eigenvalue weighted by atomic mass is 10.1. The van der Waals surface area contributed by atoms with Crippen LogP contribution in [0.25, 0.3) is 0 Å². The monoisotopic (exact) mass is 182 g/mol. The van der Waals surface area contributed by atoms with E-state index in [1.807, 2.05) is 0 Å². The van der Waals surface area contributed by atoms with E-state index in [0.717, 1.165) is 0 Å². The van der Waals surface area contributed by atoms with Crippen molar-refractivity contribution in [2.45, 2.75) is 18.3 Å². The maximum atomic E-state index is 12.0. The number of alkyl halides is 6. The fraction of sp³-hybridized carbons (Fsp3) is 1.00. The summed E-state index contributed by atoms with van der Waals surface area (Å²) in [7, 11) is 0. The van der Waals surface area contributed by atoms with E-state index in [1.54, 1.807) is 0 Å². The average Bonchev–Trinajstić information content (AvgIpc) is 1.83. The van der Waals surface area contributed by atoms with Crippen LogP contribution in [0.2, 0.25) is 0 Å². The molecule has 0 aliphatic heterocycles. The summed E-state index contributed by atoms with van der Waals surface area (Å²) < 4.78 is 68.7. The Labute approximate surface area is 57.6 Å². The first kappa shape index (κ1) is 10.5. The molecule has 0 fully saturated rings. The van der Waals surface area contributed by atoms with E-state index in [2.05, 4.69) is 0 Å². The van der Waals surface area contributed by atoms with Crippen LogP contribution >= 0.6 is 0 Å². The highest BCUT2D eigenvalue weighted by Crippen LogP contribution is 2.38. The van der Waals surface area contributed by atoms with Gasteiger partial charge in [0.05, 0.1) is 6.61 Å². The number of aliphatic hydroxyl groups excluding tert-OH is 1. The van der Waals surface area contributed by atoms with Crippen molar-refractivity contribution >= 4 is 0 Å². The van der Waals surface area contributed by atoms with Crippen molar-refractivity contribution in [3.63, 3.8) is 0 Å². The first-order chi connectivity index (χ1) is 4.75. The highest BCUT2D eigenvalue weighted by atomic mass is 19.4. The average molecular weight is 182 g/mol. The third-order valence-electron chi connectivity index (χ3n) is 1.05. The van der Waals surface area contributed by atoms with Gasteiger partial charge in [0.15, 0.2) is 0 Å². The minimum Gasteiger partial charge on any atom is -0.392 e. The Balaban J connectivity index is 4.61. The van der Waals surface area contributed by atoms with Gasteiger partial charge in [0.2, 0.25) is 0 Å². The number of hydrogen-bond donors (Lipinski definition) is 1. The van der Waals surface area contributed by atoms with Gasteiger partial charge in [-0.05, 0) is 0 Å². The molecule has 1 unspecified atom stereocenters. The molecule has 0 rings (SSSR count). The van der Waals surface area contributed by atoms with Gasteiger partial charge in [-0.25, -0.2) is 13.2 Å². The zero-order valence-corrected chi connectivity index (χ0v) is 5.00. The van der Waals surface area contributed by atoms with Gasteiger partial charge < -0.3 is 5.11 Å². The van der Waals surface area contributed by atoms with Gasteiger partial charge in [0.1, 0.15) is 0 Å². The highest BCUT2D eigenvalue weighted by Gasteiger charge is 2.62. The number of hydrogen-bond acceptors (Lipinski definition) is 1. The van der Waals surface area contributed by atoms with Gasteiger partial charge in [0, 0.05) is 0 Å². The molecule has 7 heteroatoms. The fourth-order valence-corrected chi connectivity index (χ4v) is 0.282. The Kier molecular flexibility index (Phi) is 2.76. The molecule has 1 nitrogen and oxygen atoms in total. The molecule has 0 aliphatic rings. The van der Waals surface area contributed by atoms with Crippen molar-refractivity contribution in [2.75, 3.05) is 6.61 Å². The molecule has 0 saturated heterocycles. The normalized spacial score (nSPS) is 18.5. The first-order valence-corrected chi connectivity index (χ1v) is 2.40. The van der Waals surface area contributed by atoms with Crippen LogP contribution in [0, 0.1) is 0 Å². The van der Waals surface area contributed by atoms with Crippen LogP contribution in [0.3, 0.4) is 0 Å². The summed E-state index contributed by atoms with van der Waals surface area (Å²) in [4.78, 5) is 0. The molecule has 0 amide bonds.